The normalized spacial score (nSPS) is 9.36. The van der Waals surface area contributed by atoms with Gasteiger partial charge in [0.05, 0.1) is 18.2 Å². The highest BCUT2D eigenvalue weighted by atomic mass is 16.1. The van der Waals surface area contributed by atoms with E-state index in [2.05, 4.69) is 5.32 Å². The van der Waals surface area contributed by atoms with Crippen molar-refractivity contribution in [1.29, 1.82) is 5.26 Å². The van der Waals surface area contributed by atoms with Gasteiger partial charge in [0.15, 0.2) is 0 Å². The van der Waals surface area contributed by atoms with Crippen molar-refractivity contribution in [3.8, 4) is 6.07 Å². The van der Waals surface area contributed by atoms with Crippen LogP contribution >= 0.6 is 0 Å². The van der Waals surface area contributed by atoms with Gasteiger partial charge in [0.1, 0.15) is 0 Å². The molecule has 0 aliphatic rings. The van der Waals surface area contributed by atoms with Gasteiger partial charge in [0.25, 0.3) is 0 Å². The van der Waals surface area contributed by atoms with Gasteiger partial charge in [0.2, 0.25) is 5.91 Å². The van der Waals surface area contributed by atoms with Crippen molar-refractivity contribution in [3.63, 3.8) is 0 Å². The summed E-state index contributed by atoms with van der Waals surface area (Å²) in [4.78, 5) is 10.4. The van der Waals surface area contributed by atoms with Gasteiger partial charge in [-0.2, -0.15) is 5.26 Å². The standard InChI is InChI=1S/C10H11N3O/c11-5-8-2-1-3-9(4-8)6-13-7-10(12)14/h1-4,13H,6-7H2,(H2,12,14). The molecule has 4 nitrogen and oxygen atoms in total. The van der Waals surface area contributed by atoms with Gasteiger partial charge in [-0.15, -0.1) is 0 Å². The number of hydrogen-bond donors (Lipinski definition) is 2. The number of carbonyl (C=O) groups excluding carboxylic acids is 1. The third-order valence-corrected chi connectivity index (χ3v) is 1.68. The number of nitrogens with one attached hydrogen (secondary N) is 1. The average molecular weight is 189 g/mol. The fourth-order valence-corrected chi connectivity index (χ4v) is 1.08. The summed E-state index contributed by atoms with van der Waals surface area (Å²) in [6.07, 6.45) is 0. The molecule has 4 heteroatoms. The van der Waals surface area contributed by atoms with Crippen molar-refractivity contribution in [2.45, 2.75) is 6.54 Å². The predicted molar refractivity (Wildman–Crippen MR) is 52.1 cm³/mol. The Bertz CT molecular complexity index is 368. The summed E-state index contributed by atoms with van der Waals surface area (Å²) in [7, 11) is 0. The molecule has 0 spiro atoms. The quantitative estimate of drug-likeness (QED) is 0.706. The first-order valence-electron chi connectivity index (χ1n) is 4.20. The third kappa shape index (κ3) is 3.25. The van der Waals surface area contributed by atoms with Crippen LogP contribution in [0.15, 0.2) is 24.3 Å². The van der Waals surface area contributed by atoms with Crippen LogP contribution in [-0.4, -0.2) is 12.5 Å². The third-order valence-electron chi connectivity index (χ3n) is 1.68. The van der Waals surface area contributed by atoms with E-state index in [1.807, 2.05) is 12.1 Å². The second kappa shape index (κ2) is 5.00. The van der Waals surface area contributed by atoms with E-state index in [-0.39, 0.29) is 12.5 Å². The smallest absolute Gasteiger partial charge is 0.231 e. The molecule has 0 fully saturated rings. The fourth-order valence-electron chi connectivity index (χ4n) is 1.08. The number of rotatable bonds is 4. The minimum absolute atomic E-state index is 0.150. The van der Waals surface area contributed by atoms with Crippen LogP contribution in [0.2, 0.25) is 0 Å². The van der Waals surface area contributed by atoms with Crippen molar-refractivity contribution in [2.24, 2.45) is 5.73 Å². The zero-order chi connectivity index (χ0) is 10.4. The molecule has 0 heterocycles. The van der Waals surface area contributed by atoms with Gasteiger partial charge in [-0.05, 0) is 17.7 Å². The largest absolute Gasteiger partial charge is 0.369 e. The Labute approximate surface area is 82.3 Å². The highest BCUT2D eigenvalue weighted by molar-refractivity contribution is 5.75. The molecular weight excluding hydrogens is 178 g/mol. The van der Waals surface area contributed by atoms with Crippen LogP contribution in [0.5, 0.6) is 0 Å². The minimum Gasteiger partial charge on any atom is -0.369 e. The number of hydrogen-bond acceptors (Lipinski definition) is 3. The summed E-state index contributed by atoms with van der Waals surface area (Å²) in [6.45, 7) is 0.690. The summed E-state index contributed by atoms with van der Waals surface area (Å²) in [5.41, 5.74) is 6.54. The molecule has 0 saturated heterocycles. The molecular formula is C10H11N3O. The Kier molecular flexibility index (Phi) is 3.65. The molecule has 0 unspecified atom stereocenters. The van der Waals surface area contributed by atoms with Crippen LogP contribution in [-0.2, 0) is 11.3 Å². The molecule has 0 aliphatic carbocycles. The maximum Gasteiger partial charge on any atom is 0.231 e. The Morgan fingerprint density at radius 1 is 1.57 bits per heavy atom. The lowest BCUT2D eigenvalue weighted by atomic mass is 10.1. The van der Waals surface area contributed by atoms with E-state index >= 15 is 0 Å². The van der Waals surface area contributed by atoms with E-state index in [1.165, 1.54) is 0 Å². The second-order valence-corrected chi connectivity index (χ2v) is 2.88. The van der Waals surface area contributed by atoms with Crippen LogP contribution in [0.3, 0.4) is 0 Å². The Hall–Kier alpha value is -1.86. The molecule has 0 radical (unpaired) electrons. The Morgan fingerprint density at radius 2 is 2.36 bits per heavy atom. The molecule has 1 amide bonds. The van der Waals surface area contributed by atoms with Crippen LogP contribution in [0.25, 0.3) is 0 Å². The molecule has 1 rings (SSSR count). The number of carbonyl (C=O) groups is 1. The fraction of sp³-hybridized carbons (Fsp3) is 0.200. The van der Waals surface area contributed by atoms with E-state index in [0.717, 1.165) is 5.56 Å². The lowest BCUT2D eigenvalue weighted by Gasteiger charge is -2.02. The highest BCUT2D eigenvalue weighted by Gasteiger charge is 1.96. The molecule has 0 atom stereocenters. The molecule has 1 aromatic carbocycles. The summed E-state index contributed by atoms with van der Waals surface area (Å²) < 4.78 is 0. The monoisotopic (exact) mass is 189 g/mol. The van der Waals surface area contributed by atoms with Crippen LogP contribution in [0.1, 0.15) is 11.1 Å². The summed E-state index contributed by atoms with van der Waals surface area (Å²) in [5, 5.41) is 11.5. The number of nitrogens with zero attached hydrogens (tertiary/aromatic N) is 1. The Balaban J connectivity index is 2.51. The van der Waals surface area contributed by atoms with E-state index in [1.54, 1.807) is 18.2 Å². The van der Waals surface area contributed by atoms with Crippen molar-refractivity contribution in [1.82, 2.24) is 5.32 Å². The van der Waals surface area contributed by atoms with Crippen molar-refractivity contribution in [2.75, 3.05) is 6.54 Å². The van der Waals surface area contributed by atoms with Gasteiger partial charge in [-0.3, -0.25) is 4.79 Å². The first kappa shape index (κ1) is 10.2. The summed E-state index contributed by atoms with van der Waals surface area (Å²) in [6, 6.07) is 9.24. The maximum atomic E-state index is 10.4. The maximum absolute atomic E-state index is 10.4. The van der Waals surface area contributed by atoms with E-state index in [0.29, 0.717) is 12.1 Å². The van der Waals surface area contributed by atoms with Crippen molar-refractivity contribution < 1.29 is 4.79 Å². The predicted octanol–water partition coefficient (Wildman–Crippen LogP) is 0.133. The van der Waals surface area contributed by atoms with Crippen LogP contribution in [0, 0.1) is 11.3 Å². The molecule has 1 aromatic rings. The van der Waals surface area contributed by atoms with Crippen LogP contribution in [0.4, 0.5) is 0 Å². The SMILES string of the molecule is N#Cc1cccc(CNCC(N)=O)c1. The molecule has 0 aliphatic heterocycles. The number of primary amides is 1. The number of nitriles is 1. The van der Waals surface area contributed by atoms with Gasteiger partial charge < -0.3 is 11.1 Å². The molecule has 3 N–H and O–H groups in total. The van der Waals surface area contributed by atoms with E-state index < -0.39 is 0 Å². The number of amides is 1. The van der Waals surface area contributed by atoms with Gasteiger partial charge in [-0.1, -0.05) is 12.1 Å². The molecule has 14 heavy (non-hydrogen) atoms. The molecule has 0 bridgehead atoms. The Morgan fingerprint density at radius 3 is 3.00 bits per heavy atom. The highest BCUT2D eigenvalue weighted by Crippen LogP contribution is 2.03. The zero-order valence-electron chi connectivity index (χ0n) is 7.66. The summed E-state index contributed by atoms with van der Waals surface area (Å²) in [5.74, 6) is -0.388. The zero-order valence-corrected chi connectivity index (χ0v) is 7.66. The average Bonchev–Trinajstić information content (AvgIpc) is 2.18. The second-order valence-electron chi connectivity index (χ2n) is 2.88. The van der Waals surface area contributed by atoms with Gasteiger partial charge in [0, 0.05) is 6.54 Å². The van der Waals surface area contributed by atoms with Gasteiger partial charge >= 0.3 is 0 Å². The number of benzene rings is 1. The van der Waals surface area contributed by atoms with Crippen LogP contribution < -0.4 is 11.1 Å². The minimum atomic E-state index is -0.388. The summed E-state index contributed by atoms with van der Waals surface area (Å²) >= 11 is 0. The van der Waals surface area contributed by atoms with Crippen molar-refractivity contribution in [3.05, 3.63) is 35.4 Å². The van der Waals surface area contributed by atoms with Gasteiger partial charge in [-0.25, -0.2) is 0 Å². The molecule has 0 saturated carbocycles. The molecule has 0 aromatic heterocycles. The molecule has 72 valence electrons. The topological polar surface area (TPSA) is 78.9 Å². The van der Waals surface area contributed by atoms with E-state index in [4.69, 9.17) is 11.0 Å². The number of nitrogens with two attached hydrogens (primary N) is 1. The lowest BCUT2D eigenvalue weighted by Crippen LogP contribution is -2.28. The lowest BCUT2D eigenvalue weighted by molar-refractivity contribution is -0.117. The first-order valence-corrected chi connectivity index (χ1v) is 4.20. The van der Waals surface area contributed by atoms with Crippen molar-refractivity contribution >= 4 is 5.91 Å². The van der Waals surface area contributed by atoms with E-state index in [9.17, 15) is 4.79 Å². The first-order chi connectivity index (χ1) is 6.72.